The van der Waals surface area contributed by atoms with Crippen LogP contribution in [0.15, 0.2) is 0 Å². The van der Waals surface area contributed by atoms with Gasteiger partial charge in [0.05, 0.1) is 12.7 Å². The molecule has 1 aliphatic rings. The van der Waals surface area contributed by atoms with Crippen LogP contribution in [0.3, 0.4) is 0 Å². The van der Waals surface area contributed by atoms with Crippen LogP contribution >= 0.6 is 0 Å². The van der Waals surface area contributed by atoms with Crippen LogP contribution in [0.1, 0.15) is 34.1 Å². The lowest BCUT2D eigenvalue weighted by Crippen LogP contribution is -2.40. The lowest BCUT2D eigenvalue weighted by Gasteiger charge is -2.35. The highest BCUT2D eigenvalue weighted by Gasteiger charge is 2.34. The molecule has 1 nitrogen and oxygen atoms in total. The molecule has 2 heteroatoms. The minimum atomic E-state index is -0.763. The summed E-state index contributed by atoms with van der Waals surface area (Å²) >= 11 is 0. The molecule has 1 heterocycles. The number of hydrogen-bond acceptors (Lipinski definition) is 1. The zero-order valence-electron chi connectivity index (χ0n) is 9.09. The third kappa shape index (κ3) is 2.67. The quantitative estimate of drug-likeness (QED) is 0.647. The summed E-state index contributed by atoms with van der Waals surface area (Å²) in [5.74, 6) is 1.24. The van der Waals surface area contributed by atoms with E-state index < -0.39 is 6.17 Å². The summed E-state index contributed by atoms with van der Waals surface area (Å²) in [6.07, 6.45) is -0.253. The summed E-state index contributed by atoms with van der Waals surface area (Å²) in [6.45, 7) is 9.05. The Balaban J connectivity index is 2.46. The van der Waals surface area contributed by atoms with Crippen molar-refractivity contribution in [3.63, 3.8) is 0 Å². The molecule has 0 saturated carbocycles. The number of alkyl halides is 1. The molecule has 1 rings (SSSR count). The Morgan fingerprint density at radius 3 is 2.15 bits per heavy atom. The predicted molar refractivity (Wildman–Crippen MR) is 52.4 cm³/mol. The van der Waals surface area contributed by atoms with Crippen LogP contribution in [-0.4, -0.2) is 18.9 Å². The molecule has 0 spiro atoms. The van der Waals surface area contributed by atoms with E-state index >= 15 is 0 Å². The van der Waals surface area contributed by atoms with Gasteiger partial charge < -0.3 is 4.74 Å². The maximum atomic E-state index is 13.6. The molecule has 1 aliphatic heterocycles. The Labute approximate surface area is 80.7 Å². The zero-order chi connectivity index (χ0) is 10.0. The van der Waals surface area contributed by atoms with Crippen LogP contribution in [-0.2, 0) is 4.74 Å². The van der Waals surface area contributed by atoms with Crippen molar-refractivity contribution in [2.75, 3.05) is 6.61 Å². The van der Waals surface area contributed by atoms with E-state index in [9.17, 15) is 4.39 Å². The van der Waals surface area contributed by atoms with Crippen LogP contribution in [0.25, 0.3) is 0 Å². The summed E-state index contributed by atoms with van der Waals surface area (Å²) in [5.41, 5.74) is 0. The van der Waals surface area contributed by atoms with Gasteiger partial charge in [-0.15, -0.1) is 0 Å². The Morgan fingerprint density at radius 2 is 1.77 bits per heavy atom. The van der Waals surface area contributed by atoms with E-state index in [1.54, 1.807) is 0 Å². The van der Waals surface area contributed by atoms with Crippen molar-refractivity contribution < 1.29 is 9.13 Å². The van der Waals surface area contributed by atoms with Gasteiger partial charge in [0.25, 0.3) is 0 Å². The highest BCUT2D eigenvalue weighted by Crippen LogP contribution is 2.30. The molecule has 78 valence electrons. The molecule has 13 heavy (non-hydrogen) atoms. The van der Waals surface area contributed by atoms with Gasteiger partial charge in [-0.3, -0.25) is 0 Å². The van der Waals surface area contributed by atoms with E-state index in [4.69, 9.17) is 4.74 Å². The molecule has 0 aromatic carbocycles. The fourth-order valence-corrected chi connectivity index (χ4v) is 1.91. The molecule has 0 amide bonds. The van der Waals surface area contributed by atoms with Crippen molar-refractivity contribution in [2.45, 2.75) is 46.4 Å². The van der Waals surface area contributed by atoms with Crippen LogP contribution in [0, 0.1) is 17.8 Å². The van der Waals surface area contributed by atoms with Crippen LogP contribution in [0.4, 0.5) is 4.39 Å². The van der Waals surface area contributed by atoms with E-state index in [2.05, 4.69) is 13.8 Å². The first kappa shape index (κ1) is 11.0. The molecule has 0 aromatic rings. The lowest BCUT2D eigenvalue weighted by atomic mass is 9.85. The van der Waals surface area contributed by atoms with Gasteiger partial charge in [-0.1, -0.05) is 27.7 Å². The summed E-state index contributed by atoms with van der Waals surface area (Å²) < 4.78 is 19.1. The van der Waals surface area contributed by atoms with Crippen molar-refractivity contribution in [1.29, 1.82) is 0 Å². The maximum absolute atomic E-state index is 13.6. The molecular weight excluding hydrogens is 167 g/mol. The van der Waals surface area contributed by atoms with Crippen molar-refractivity contribution in [1.82, 2.24) is 0 Å². The van der Waals surface area contributed by atoms with E-state index in [-0.39, 0.29) is 6.10 Å². The van der Waals surface area contributed by atoms with E-state index in [0.29, 0.717) is 24.2 Å². The summed E-state index contributed by atoms with van der Waals surface area (Å²) in [7, 11) is 0. The fourth-order valence-electron chi connectivity index (χ4n) is 1.91. The maximum Gasteiger partial charge on any atom is 0.127 e. The third-order valence-corrected chi connectivity index (χ3v) is 2.99. The Kier molecular flexibility index (Phi) is 3.72. The van der Waals surface area contributed by atoms with E-state index in [0.717, 1.165) is 6.61 Å². The SMILES string of the molecule is CC(C)[C@H]1CO[C@H](C(C)C)C(F)C1. The highest BCUT2D eigenvalue weighted by atomic mass is 19.1. The smallest absolute Gasteiger partial charge is 0.127 e. The summed E-state index contributed by atoms with van der Waals surface area (Å²) in [4.78, 5) is 0. The lowest BCUT2D eigenvalue weighted by molar-refractivity contribution is -0.0968. The van der Waals surface area contributed by atoms with Gasteiger partial charge in [-0.25, -0.2) is 4.39 Å². The second-order valence-corrected chi connectivity index (χ2v) is 4.80. The first-order valence-corrected chi connectivity index (χ1v) is 5.28. The van der Waals surface area contributed by atoms with Gasteiger partial charge in [0.15, 0.2) is 0 Å². The Hall–Kier alpha value is -0.110. The minimum Gasteiger partial charge on any atom is -0.375 e. The van der Waals surface area contributed by atoms with Crippen molar-refractivity contribution in [3.05, 3.63) is 0 Å². The van der Waals surface area contributed by atoms with Crippen LogP contribution < -0.4 is 0 Å². The number of halogens is 1. The van der Waals surface area contributed by atoms with Gasteiger partial charge in [-0.2, -0.15) is 0 Å². The van der Waals surface area contributed by atoms with Gasteiger partial charge in [0, 0.05) is 0 Å². The van der Waals surface area contributed by atoms with E-state index in [1.165, 1.54) is 0 Å². The van der Waals surface area contributed by atoms with Crippen LogP contribution in [0.2, 0.25) is 0 Å². The number of rotatable bonds is 2. The zero-order valence-corrected chi connectivity index (χ0v) is 9.09. The van der Waals surface area contributed by atoms with Crippen molar-refractivity contribution >= 4 is 0 Å². The second-order valence-electron chi connectivity index (χ2n) is 4.80. The minimum absolute atomic E-state index is 0.171. The largest absolute Gasteiger partial charge is 0.375 e. The summed E-state index contributed by atoms with van der Waals surface area (Å²) in [5, 5.41) is 0. The number of ether oxygens (including phenoxy) is 1. The molecule has 1 saturated heterocycles. The molecule has 0 bridgehead atoms. The molecule has 0 radical (unpaired) electrons. The summed E-state index contributed by atoms with van der Waals surface area (Å²) in [6, 6.07) is 0. The van der Waals surface area contributed by atoms with Gasteiger partial charge in [0.1, 0.15) is 6.17 Å². The van der Waals surface area contributed by atoms with Gasteiger partial charge in [-0.05, 0) is 24.2 Å². The molecule has 0 aliphatic carbocycles. The topological polar surface area (TPSA) is 9.23 Å². The second kappa shape index (κ2) is 4.41. The van der Waals surface area contributed by atoms with Gasteiger partial charge >= 0.3 is 0 Å². The fraction of sp³-hybridized carbons (Fsp3) is 1.00. The molecule has 0 aromatic heterocycles. The molecular formula is C11H21FO. The predicted octanol–water partition coefficient (Wildman–Crippen LogP) is 3.04. The Bertz CT molecular complexity index is 156. The highest BCUT2D eigenvalue weighted by molar-refractivity contribution is 4.81. The first-order chi connectivity index (χ1) is 6.02. The third-order valence-electron chi connectivity index (χ3n) is 2.99. The number of hydrogen-bond donors (Lipinski definition) is 0. The molecule has 3 atom stereocenters. The van der Waals surface area contributed by atoms with E-state index in [1.807, 2.05) is 13.8 Å². The molecule has 0 N–H and O–H groups in total. The first-order valence-electron chi connectivity index (χ1n) is 5.28. The molecule has 1 unspecified atom stereocenters. The molecule has 1 fully saturated rings. The average Bonchev–Trinajstić information content (AvgIpc) is 2.03. The average molecular weight is 188 g/mol. The normalized spacial score (nSPS) is 35.8. The Morgan fingerprint density at radius 1 is 1.15 bits per heavy atom. The monoisotopic (exact) mass is 188 g/mol. The van der Waals surface area contributed by atoms with Gasteiger partial charge in [0.2, 0.25) is 0 Å². The van der Waals surface area contributed by atoms with Crippen molar-refractivity contribution in [2.24, 2.45) is 17.8 Å². The van der Waals surface area contributed by atoms with Crippen molar-refractivity contribution in [3.8, 4) is 0 Å². The standard InChI is InChI=1S/C11H21FO/c1-7(2)9-5-10(12)11(8(3)4)13-6-9/h7-11H,5-6H2,1-4H3/t9-,10?,11-/m1/s1. The van der Waals surface area contributed by atoms with Crippen LogP contribution in [0.5, 0.6) is 0 Å².